The van der Waals surface area contributed by atoms with Gasteiger partial charge in [0.05, 0.1) is 17.9 Å². The van der Waals surface area contributed by atoms with Crippen molar-refractivity contribution in [3.8, 4) is 0 Å². The van der Waals surface area contributed by atoms with Crippen LogP contribution in [0.3, 0.4) is 0 Å². The number of aromatic nitrogens is 4. The van der Waals surface area contributed by atoms with Gasteiger partial charge in [-0.25, -0.2) is 4.68 Å². The van der Waals surface area contributed by atoms with E-state index in [1.165, 1.54) is 0 Å². The molecule has 2 atom stereocenters. The minimum atomic E-state index is -0.519. The van der Waals surface area contributed by atoms with Crippen molar-refractivity contribution in [2.75, 3.05) is 24.5 Å². The van der Waals surface area contributed by atoms with E-state index in [4.69, 9.17) is 0 Å². The molecule has 2 aromatic heterocycles. The van der Waals surface area contributed by atoms with Crippen molar-refractivity contribution in [3.05, 3.63) is 71.7 Å². The van der Waals surface area contributed by atoms with E-state index >= 15 is 0 Å². The van der Waals surface area contributed by atoms with Crippen LogP contribution in [0.2, 0.25) is 0 Å². The van der Waals surface area contributed by atoms with Crippen LogP contribution in [-0.4, -0.2) is 62.4 Å². The molecule has 1 N–H and O–H groups in total. The Bertz CT molecular complexity index is 1190. The molecule has 1 aromatic carbocycles. The van der Waals surface area contributed by atoms with Gasteiger partial charge in [-0.3, -0.25) is 14.6 Å². The first-order valence-corrected chi connectivity index (χ1v) is 12.8. The van der Waals surface area contributed by atoms with Crippen LogP contribution in [0.4, 0.5) is 5.82 Å². The van der Waals surface area contributed by atoms with Crippen LogP contribution in [0.15, 0.2) is 54.9 Å². The Morgan fingerprint density at radius 1 is 1.00 bits per heavy atom. The molecule has 36 heavy (non-hydrogen) atoms. The van der Waals surface area contributed by atoms with E-state index in [9.17, 15) is 9.59 Å². The number of carbonyl (C=O) groups is 2. The maximum atomic E-state index is 13.5. The third kappa shape index (κ3) is 4.96. The van der Waals surface area contributed by atoms with Gasteiger partial charge in [0, 0.05) is 25.8 Å². The molecule has 188 valence electrons. The first-order chi connectivity index (χ1) is 17.5. The lowest BCUT2D eigenvalue weighted by molar-refractivity contribution is -0.139. The lowest BCUT2D eigenvalue weighted by atomic mass is 10.00. The first-order valence-electron chi connectivity index (χ1n) is 12.8. The van der Waals surface area contributed by atoms with E-state index < -0.39 is 12.1 Å². The largest absolute Gasteiger partial charge is 0.355 e. The Morgan fingerprint density at radius 3 is 2.47 bits per heavy atom. The van der Waals surface area contributed by atoms with Crippen molar-refractivity contribution in [2.24, 2.45) is 0 Å². The van der Waals surface area contributed by atoms with Gasteiger partial charge >= 0.3 is 0 Å². The Labute approximate surface area is 211 Å². The van der Waals surface area contributed by atoms with Crippen molar-refractivity contribution >= 4 is 17.6 Å². The molecule has 5 rings (SSSR count). The molecule has 4 heterocycles. The SMILES string of the molecule is CC(C)c1ccc([C@@H](NC(=O)[C@@H]2CCCN2C(=O)Cn2nncc2N2CCC2)c2ccccc2)nc1. The molecule has 0 unspecified atom stereocenters. The molecule has 0 saturated carbocycles. The number of carbonyl (C=O) groups excluding carboxylic acids is 2. The summed E-state index contributed by atoms with van der Waals surface area (Å²) in [5.41, 5.74) is 2.88. The summed E-state index contributed by atoms with van der Waals surface area (Å²) in [5, 5.41) is 11.3. The van der Waals surface area contributed by atoms with Crippen molar-refractivity contribution in [1.29, 1.82) is 0 Å². The van der Waals surface area contributed by atoms with E-state index in [1.807, 2.05) is 42.6 Å². The molecule has 0 spiro atoms. The van der Waals surface area contributed by atoms with Gasteiger partial charge in [-0.1, -0.05) is 55.5 Å². The highest BCUT2D eigenvalue weighted by atomic mass is 16.2. The summed E-state index contributed by atoms with van der Waals surface area (Å²) >= 11 is 0. The summed E-state index contributed by atoms with van der Waals surface area (Å²) in [7, 11) is 0. The Kier molecular flexibility index (Phi) is 6.97. The molecular formula is C27H33N7O2. The second-order valence-electron chi connectivity index (χ2n) is 9.86. The van der Waals surface area contributed by atoms with E-state index in [-0.39, 0.29) is 18.4 Å². The van der Waals surface area contributed by atoms with Crippen LogP contribution in [0.1, 0.15) is 61.9 Å². The number of amides is 2. The standard InChI is InChI=1S/C27H33N7O2/c1-19(2)21-11-12-22(28-16-21)26(20-8-4-3-5-9-20)30-27(36)23-10-6-15-33(23)25(35)18-34-24(17-29-31-34)32-13-7-14-32/h3-5,8-9,11-12,16-17,19,23,26H,6-7,10,13-15,18H2,1-2H3,(H,30,36)/t23-,26-/m0/s1. The van der Waals surface area contributed by atoms with E-state index in [0.717, 1.165) is 48.6 Å². The smallest absolute Gasteiger partial charge is 0.245 e. The topological polar surface area (TPSA) is 96.2 Å². The van der Waals surface area contributed by atoms with Crippen LogP contribution in [-0.2, 0) is 16.1 Å². The molecule has 2 aliphatic rings. The highest BCUT2D eigenvalue weighted by molar-refractivity contribution is 5.88. The zero-order valence-corrected chi connectivity index (χ0v) is 20.9. The molecule has 2 aliphatic heterocycles. The summed E-state index contributed by atoms with van der Waals surface area (Å²) in [5.74, 6) is 0.956. The predicted molar refractivity (Wildman–Crippen MR) is 136 cm³/mol. The van der Waals surface area contributed by atoms with Crippen molar-refractivity contribution in [1.82, 2.24) is 30.2 Å². The Morgan fingerprint density at radius 2 is 1.81 bits per heavy atom. The number of pyridine rings is 1. The molecule has 0 bridgehead atoms. The molecule has 2 fully saturated rings. The normalized spacial score (nSPS) is 18.2. The van der Waals surface area contributed by atoms with Crippen molar-refractivity contribution < 1.29 is 9.59 Å². The van der Waals surface area contributed by atoms with Crippen molar-refractivity contribution in [3.63, 3.8) is 0 Å². The van der Waals surface area contributed by atoms with Gasteiger partial charge < -0.3 is 15.1 Å². The summed E-state index contributed by atoms with van der Waals surface area (Å²) < 4.78 is 1.64. The predicted octanol–water partition coefficient (Wildman–Crippen LogP) is 2.90. The maximum absolute atomic E-state index is 13.5. The zero-order chi connectivity index (χ0) is 25.1. The lowest BCUT2D eigenvalue weighted by Gasteiger charge is -2.32. The monoisotopic (exact) mass is 487 g/mol. The number of nitrogens with one attached hydrogen (secondary N) is 1. The summed E-state index contributed by atoms with van der Waals surface area (Å²) in [6.07, 6.45) is 6.13. The quantitative estimate of drug-likeness (QED) is 0.525. The average molecular weight is 488 g/mol. The summed E-state index contributed by atoms with van der Waals surface area (Å²) in [4.78, 5) is 35.3. The third-order valence-corrected chi connectivity index (χ3v) is 7.13. The van der Waals surface area contributed by atoms with E-state index in [2.05, 4.69) is 45.4 Å². The Balaban J connectivity index is 1.32. The van der Waals surface area contributed by atoms with Crippen LogP contribution >= 0.6 is 0 Å². The minimum absolute atomic E-state index is 0.0793. The van der Waals surface area contributed by atoms with Crippen molar-refractivity contribution in [2.45, 2.75) is 57.7 Å². The number of nitrogens with zero attached hydrogens (tertiary/aromatic N) is 6. The molecular weight excluding hydrogens is 454 g/mol. The zero-order valence-electron chi connectivity index (χ0n) is 20.9. The fourth-order valence-corrected chi connectivity index (χ4v) is 4.85. The maximum Gasteiger partial charge on any atom is 0.245 e. The third-order valence-electron chi connectivity index (χ3n) is 7.13. The number of hydrogen-bond acceptors (Lipinski definition) is 6. The second-order valence-corrected chi connectivity index (χ2v) is 9.86. The average Bonchev–Trinajstić information content (AvgIpc) is 3.52. The second kappa shape index (κ2) is 10.5. The summed E-state index contributed by atoms with van der Waals surface area (Å²) in [6, 6.07) is 13.0. The molecule has 2 saturated heterocycles. The molecule has 2 amide bonds. The molecule has 0 aliphatic carbocycles. The van der Waals surface area contributed by atoms with Gasteiger partial charge in [0.1, 0.15) is 18.4 Å². The van der Waals surface area contributed by atoms with Gasteiger partial charge in [0.2, 0.25) is 11.8 Å². The first kappa shape index (κ1) is 24.0. The van der Waals surface area contributed by atoms with E-state index in [1.54, 1.807) is 15.8 Å². The summed E-state index contributed by atoms with van der Waals surface area (Å²) in [6.45, 7) is 6.79. The minimum Gasteiger partial charge on any atom is -0.355 e. The number of benzene rings is 1. The fourth-order valence-electron chi connectivity index (χ4n) is 4.85. The fraction of sp³-hybridized carbons (Fsp3) is 0.444. The van der Waals surface area contributed by atoms with E-state index in [0.29, 0.717) is 18.9 Å². The lowest BCUT2D eigenvalue weighted by Crippen LogP contribution is -2.48. The van der Waals surface area contributed by atoms with Gasteiger partial charge in [-0.05, 0) is 42.4 Å². The molecule has 9 nitrogen and oxygen atoms in total. The van der Waals surface area contributed by atoms with Gasteiger partial charge in [-0.2, -0.15) is 0 Å². The van der Waals surface area contributed by atoms with Crippen LogP contribution in [0.5, 0.6) is 0 Å². The Hall–Kier alpha value is -3.75. The number of rotatable bonds is 8. The highest BCUT2D eigenvalue weighted by Crippen LogP contribution is 2.25. The highest BCUT2D eigenvalue weighted by Gasteiger charge is 2.36. The van der Waals surface area contributed by atoms with Gasteiger partial charge in [-0.15, -0.1) is 5.10 Å². The number of hydrogen-bond donors (Lipinski definition) is 1. The van der Waals surface area contributed by atoms with Crippen LogP contribution < -0.4 is 10.2 Å². The van der Waals surface area contributed by atoms with Gasteiger partial charge in [0.15, 0.2) is 0 Å². The molecule has 0 radical (unpaired) electrons. The molecule has 9 heteroatoms. The molecule has 3 aromatic rings. The van der Waals surface area contributed by atoms with Gasteiger partial charge in [0.25, 0.3) is 0 Å². The number of likely N-dealkylation sites (tertiary alicyclic amines) is 1. The van der Waals surface area contributed by atoms with Crippen LogP contribution in [0.25, 0.3) is 0 Å². The van der Waals surface area contributed by atoms with Crippen LogP contribution in [0, 0.1) is 0 Å². The number of anilines is 1.